The smallest absolute Gasteiger partial charge is 0.307 e. The maximum absolute atomic E-state index is 13.6. The molecule has 8 nitrogen and oxygen atoms in total. The second-order valence-corrected chi connectivity index (χ2v) is 14.0. The predicted molar refractivity (Wildman–Crippen MR) is 193 cm³/mol. The van der Waals surface area contributed by atoms with Gasteiger partial charge >= 0.3 is 5.97 Å². The number of hydrogen-bond acceptors (Lipinski definition) is 6. The second kappa shape index (κ2) is 14.6. The molecule has 0 aromatic carbocycles. The molecular weight excluding hydrogens is 624 g/mol. The molecule has 3 aliphatic heterocycles. The van der Waals surface area contributed by atoms with Gasteiger partial charge in [0.1, 0.15) is 0 Å². The van der Waals surface area contributed by atoms with Crippen molar-refractivity contribution >= 4 is 52.5 Å². The molecule has 2 N–H and O–H groups in total. The van der Waals surface area contributed by atoms with Crippen LogP contribution >= 0.6 is 11.6 Å². The first-order valence-corrected chi connectivity index (χ1v) is 18.3. The number of halogens is 1. The van der Waals surface area contributed by atoms with Gasteiger partial charge in [0.15, 0.2) is 11.8 Å². The summed E-state index contributed by atoms with van der Waals surface area (Å²) in [6.07, 6.45) is 11.5. The van der Waals surface area contributed by atoms with E-state index in [1.165, 1.54) is 30.4 Å². The average molecular weight is 673 g/mol. The minimum absolute atomic E-state index is 0.00628. The zero-order chi connectivity index (χ0) is 34.1. The minimum Gasteiger partial charge on any atom is -0.449 e. The van der Waals surface area contributed by atoms with Gasteiger partial charge in [-0.2, -0.15) is 0 Å². The van der Waals surface area contributed by atoms with Crippen LogP contribution in [0.4, 0.5) is 0 Å². The Balaban J connectivity index is 1.49. The van der Waals surface area contributed by atoms with Crippen molar-refractivity contribution in [2.45, 2.75) is 111 Å². The summed E-state index contributed by atoms with van der Waals surface area (Å²) in [7, 11) is 0. The number of ketones is 1. The number of fused-ring (bicyclic) bond motifs is 6. The predicted octanol–water partition coefficient (Wildman–Crippen LogP) is 7.20. The number of unbranched alkanes of at least 4 members (excludes halogenated alkanes) is 3. The van der Waals surface area contributed by atoms with Crippen molar-refractivity contribution in [3.63, 3.8) is 0 Å². The van der Waals surface area contributed by atoms with Gasteiger partial charge in [0, 0.05) is 76.8 Å². The van der Waals surface area contributed by atoms with Gasteiger partial charge in [0.05, 0.1) is 28.9 Å². The molecule has 8 bridgehead atoms. The van der Waals surface area contributed by atoms with E-state index < -0.39 is 0 Å². The van der Waals surface area contributed by atoms with Crippen molar-refractivity contribution in [1.82, 2.24) is 9.97 Å². The molecule has 0 spiro atoms. The highest BCUT2D eigenvalue weighted by atomic mass is 35.5. The fourth-order valence-corrected chi connectivity index (χ4v) is 8.07. The molecule has 0 saturated carbocycles. The molecule has 4 aliphatic rings. The van der Waals surface area contributed by atoms with Crippen LogP contribution in [0.3, 0.4) is 0 Å². The van der Waals surface area contributed by atoms with E-state index in [1.807, 2.05) is 6.92 Å². The fourth-order valence-electron chi connectivity index (χ4n) is 7.95. The topological polar surface area (TPSA) is 109 Å². The SMILES string of the molecule is CCCCCCOC(C)c1cc2[nH]c1CC1N=C(C=c3[nH]c4c(c3C)C(=O)CC=4C3=N/C(=C\2)C(C)[C@@H]3CCC(=O)OCCl)C(CC)=C1C. The Labute approximate surface area is 288 Å². The lowest BCUT2D eigenvalue weighted by atomic mass is 9.83. The van der Waals surface area contributed by atoms with E-state index in [1.54, 1.807) is 0 Å². The number of alkyl halides is 1. The van der Waals surface area contributed by atoms with E-state index in [0.717, 1.165) is 87.3 Å². The molecule has 3 unspecified atom stereocenters. The zero-order valence-electron chi connectivity index (χ0n) is 29.2. The van der Waals surface area contributed by atoms with Crippen molar-refractivity contribution in [3.05, 3.63) is 61.7 Å². The summed E-state index contributed by atoms with van der Waals surface area (Å²) < 4.78 is 11.5. The number of hydrogen-bond donors (Lipinski definition) is 2. The van der Waals surface area contributed by atoms with Crippen LogP contribution in [0.1, 0.15) is 125 Å². The van der Waals surface area contributed by atoms with Gasteiger partial charge < -0.3 is 19.4 Å². The number of rotatable bonds is 12. The third-order valence-corrected chi connectivity index (χ3v) is 10.8. The first kappa shape index (κ1) is 34.4. The van der Waals surface area contributed by atoms with Crippen molar-refractivity contribution in [1.29, 1.82) is 0 Å². The Morgan fingerprint density at radius 2 is 1.96 bits per heavy atom. The van der Waals surface area contributed by atoms with E-state index in [2.05, 4.69) is 62.8 Å². The first-order chi connectivity index (χ1) is 23.1. The highest BCUT2D eigenvalue weighted by Crippen LogP contribution is 2.40. The third-order valence-electron chi connectivity index (χ3n) is 10.7. The fraction of sp³-hybridized carbons (Fsp3) is 0.538. The normalized spacial score (nSPS) is 23.2. The summed E-state index contributed by atoms with van der Waals surface area (Å²) >= 11 is 5.68. The Morgan fingerprint density at radius 1 is 1.15 bits per heavy atom. The molecule has 2 aromatic rings. The van der Waals surface area contributed by atoms with Crippen molar-refractivity contribution in [2.24, 2.45) is 21.8 Å². The summed E-state index contributed by atoms with van der Waals surface area (Å²) in [4.78, 5) is 43.9. The van der Waals surface area contributed by atoms with E-state index in [0.29, 0.717) is 6.42 Å². The van der Waals surface area contributed by atoms with Crippen molar-refractivity contribution in [3.8, 4) is 0 Å². The largest absolute Gasteiger partial charge is 0.449 e. The molecule has 0 radical (unpaired) electrons. The van der Waals surface area contributed by atoms with Gasteiger partial charge in [-0.1, -0.05) is 51.6 Å². The highest BCUT2D eigenvalue weighted by Gasteiger charge is 2.38. The van der Waals surface area contributed by atoms with Gasteiger partial charge in [-0.25, -0.2) is 0 Å². The summed E-state index contributed by atoms with van der Waals surface area (Å²) in [6.45, 7) is 13.7. The van der Waals surface area contributed by atoms with Gasteiger partial charge in [0.2, 0.25) is 0 Å². The molecule has 0 saturated heterocycles. The molecule has 0 fully saturated rings. The van der Waals surface area contributed by atoms with Crippen LogP contribution in [0.25, 0.3) is 17.7 Å². The lowest BCUT2D eigenvalue weighted by Gasteiger charge is -2.18. The lowest BCUT2D eigenvalue weighted by Crippen LogP contribution is -2.24. The highest BCUT2D eigenvalue weighted by molar-refractivity contribution is 6.29. The van der Waals surface area contributed by atoms with Gasteiger partial charge in [-0.15, -0.1) is 0 Å². The zero-order valence-corrected chi connectivity index (χ0v) is 30.0. The second-order valence-electron chi connectivity index (χ2n) is 13.7. The number of esters is 1. The Morgan fingerprint density at radius 3 is 2.71 bits per heavy atom. The summed E-state index contributed by atoms with van der Waals surface area (Å²) in [6, 6.07) is 2.05. The molecule has 2 aromatic heterocycles. The number of ether oxygens (including phenoxy) is 2. The number of carbonyl (C=O) groups is 2. The molecule has 256 valence electrons. The number of carbonyl (C=O) groups excluding carboxylic acids is 2. The standard InChI is InChI=1S/C39H49ClN4O4/c1-7-9-10-11-14-47-24(6)28-15-25-16-30-22(4)27(12-13-36(46)48-20-40)38(43-30)29-17-35(45)37-23(5)32(44-39(29)37)19-33-26(8-2)21(3)31(42-33)18-34(28)41-25/h15-16,19,22,24,27,31,41,44H,7-14,17-18,20H2,1-6H3/b30-16-,32-19?/t22?,24?,27-,31?/m0/s1. The molecule has 4 atom stereocenters. The molecular formula is C39H49ClN4O4. The Bertz CT molecular complexity index is 1860. The van der Waals surface area contributed by atoms with Crippen LogP contribution < -0.4 is 10.7 Å². The monoisotopic (exact) mass is 672 g/mol. The number of aromatic nitrogens is 2. The minimum atomic E-state index is -0.332. The molecule has 0 amide bonds. The number of Topliss-reactive ketones (excluding diaryl/α,β-unsaturated/α-hetero) is 1. The van der Waals surface area contributed by atoms with Crippen LogP contribution in [0.15, 0.2) is 32.9 Å². The Hall–Kier alpha value is -3.49. The molecule has 5 heterocycles. The van der Waals surface area contributed by atoms with E-state index in [9.17, 15) is 9.59 Å². The molecule has 1 aliphatic carbocycles. The number of nitrogens with zero attached hydrogens (tertiary/aromatic N) is 2. The third kappa shape index (κ3) is 6.58. The van der Waals surface area contributed by atoms with Crippen LogP contribution in [0.5, 0.6) is 0 Å². The van der Waals surface area contributed by atoms with Crippen LogP contribution in [0.2, 0.25) is 0 Å². The van der Waals surface area contributed by atoms with Crippen LogP contribution in [-0.2, 0) is 20.7 Å². The quantitative estimate of drug-likeness (QED) is 0.141. The number of allylic oxidation sites excluding steroid dienone is 2. The molecule has 48 heavy (non-hydrogen) atoms. The van der Waals surface area contributed by atoms with Gasteiger partial charge in [-0.3, -0.25) is 19.6 Å². The van der Waals surface area contributed by atoms with Crippen molar-refractivity contribution < 1.29 is 19.1 Å². The molecule has 6 rings (SSSR count). The van der Waals surface area contributed by atoms with Gasteiger partial charge in [-0.05, 0) is 75.0 Å². The molecule has 9 heteroatoms. The number of nitrogens with one attached hydrogen (secondary N) is 2. The van der Waals surface area contributed by atoms with Crippen LogP contribution in [0, 0.1) is 18.8 Å². The van der Waals surface area contributed by atoms with E-state index in [4.69, 9.17) is 31.1 Å². The van der Waals surface area contributed by atoms with E-state index in [-0.39, 0.29) is 54.6 Å². The number of aliphatic imine (C=N–C) groups is 2. The maximum atomic E-state index is 13.6. The Kier molecular flexibility index (Phi) is 10.4. The lowest BCUT2D eigenvalue weighted by molar-refractivity contribution is -0.141. The average Bonchev–Trinajstić information content (AvgIpc) is 3.83. The summed E-state index contributed by atoms with van der Waals surface area (Å²) in [5.41, 5.74) is 11.2. The summed E-state index contributed by atoms with van der Waals surface area (Å²) in [5.74, 6) is -0.272. The first-order valence-electron chi connectivity index (χ1n) is 17.7. The van der Waals surface area contributed by atoms with E-state index >= 15 is 0 Å². The van der Waals surface area contributed by atoms with Crippen molar-refractivity contribution in [2.75, 3.05) is 12.7 Å². The summed E-state index contributed by atoms with van der Waals surface area (Å²) in [5, 5.41) is 1.76. The number of aromatic amines is 2. The number of H-pyrrole nitrogens is 2. The van der Waals surface area contributed by atoms with Gasteiger partial charge in [0.25, 0.3) is 0 Å². The van der Waals surface area contributed by atoms with Crippen LogP contribution in [-0.4, -0.2) is 51.9 Å². The maximum Gasteiger partial charge on any atom is 0.307 e.